The molecule has 0 aromatic heterocycles. The Bertz CT molecular complexity index is 955. The lowest BCUT2D eigenvalue weighted by Crippen LogP contribution is -2.60. The number of hydrogen-bond acceptors (Lipinski definition) is 8. The number of rotatable bonds is 8. The molecule has 0 bridgehead atoms. The van der Waals surface area contributed by atoms with Gasteiger partial charge in [-0.3, -0.25) is 4.79 Å². The summed E-state index contributed by atoms with van der Waals surface area (Å²) in [5.74, 6) is -1.35. The van der Waals surface area contributed by atoms with Crippen LogP contribution in [0.5, 0.6) is 0 Å². The molecule has 1 heterocycles. The van der Waals surface area contributed by atoms with Gasteiger partial charge in [0.05, 0.1) is 13.7 Å². The quantitative estimate of drug-likeness (QED) is 0.255. The molecule has 0 unspecified atom stereocenters. The normalized spacial score (nSPS) is 24.8. The van der Waals surface area contributed by atoms with Crippen molar-refractivity contribution in [1.82, 2.24) is 0 Å². The third-order valence-corrected chi connectivity index (χ3v) is 5.89. The summed E-state index contributed by atoms with van der Waals surface area (Å²) in [4.78, 5) is 28.2. The van der Waals surface area contributed by atoms with Crippen molar-refractivity contribution >= 4 is 23.7 Å². The van der Waals surface area contributed by atoms with Crippen LogP contribution in [0.2, 0.25) is 0 Å². The van der Waals surface area contributed by atoms with Gasteiger partial charge < -0.3 is 18.9 Å². The van der Waals surface area contributed by atoms with E-state index in [0.717, 1.165) is 10.5 Å². The molecule has 168 valence electrons. The number of nitrogens with zero attached hydrogens (tertiary/aromatic N) is 3. The van der Waals surface area contributed by atoms with Gasteiger partial charge in [0.1, 0.15) is 17.6 Å². The minimum absolute atomic E-state index is 0.150. The minimum Gasteiger partial charge on any atom is -0.467 e. The van der Waals surface area contributed by atoms with E-state index in [2.05, 4.69) is 10.0 Å². The number of azide groups is 1. The highest BCUT2D eigenvalue weighted by Crippen LogP contribution is 2.38. The fourth-order valence-corrected chi connectivity index (χ4v) is 4.43. The number of esters is 2. The molecule has 0 saturated carbocycles. The Morgan fingerprint density at radius 1 is 1.09 bits per heavy atom. The van der Waals surface area contributed by atoms with Crippen LogP contribution in [0.3, 0.4) is 0 Å². The molecule has 0 spiro atoms. The highest BCUT2D eigenvalue weighted by atomic mass is 32.2. The van der Waals surface area contributed by atoms with E-state index >= 15 is 0 Å². The van der Waals surface area contributed by atoms with Crippen molar-refractivity contribution in [2.24, 2.45) is 5.11 Å². The number of methoxy groups -OCH3 is 1. The SMILES string of the molecule is COC(=O)[C@H]1O[C@H](Sc2ccccc2)[C@@H](N=[N+]=[N-])[C@@H](OCc2ccccc2)[C@@H]1OC(C)=O. The molecule has 3 rings (SSSR count). The van der Waals surface area contributed by atoms with Crippen molar-refractivity contribution in [3.05, 3.63) is 76.7 Å². The number of carbonyl (C=O) groups excluding carboxylic acids is 2. The summed E-state index contributed by atoms with van der Waals surface area (Å²) in [6.45, 7) is 1.37. The first kappa shape index (κ1) is 23.6. The first-order valence-corrected chi connectivity index (χ1v) is 10.7. The predicted octanol–water partition coefficient (Wildman–Crippen LogP) is 3.87. The Kier molecular flexibility index (Phi) is 8.52. The first-order chi connectivity index (χ1) is 15.5. The molecule has 32 heavy (non-hydrogen) atoms. The number of thioether (sulfide) groups is 1. The van der Waals surface area contributed by atoms with Gasteiger partial charge in [-0.15, -0.1) is 0 Å². The van der Waals surface area contributed by atoms with Crippen molar-refractivity contribution in [1.29, 1.82) is 0 Å². The monoisotopic (exact) mass is 457 g/mol. The molecule has 10 heteroatoms. The first-order valence-electron chi connectivity index (χ1n) is 9.85. The van der Waals surface area contributed by atoms with Crippen molar-refractivity contribution in [2.75, 3.05) is 7.11 Å². The Hall–Kier alpha value is -3.04. The zero-order valence-corrected chi connectivity index (χ0v) is 18.4. The zero-order chi connectivity index (χ0) is 22.9. The van der Waals surface area contributed by atoms with Crippen LogP contribution in [0, 0.1) is 0 Å². The summed E-state index contributed by atoms with van der Waals surface area (Å²) in [5, 5.41) is 3.90. The van der Waals surface area contributed by atoms with Crippen molar-refractivity contribution < 1.29 is 28.5 Å². The molecular formula is C22H23N3O6S. The molecule has 2 aromatic rings. The van der Waals surface area contributed by atoms with Crippen LogP contribution in [-0.2, 0) is 35.1 Å². The molecule has 0 N–H and O–H groups in total. The maximum Gasteiger partial charge on any atom is 0.339 e. The minimum atomic E-state index is -1.25. The molecule has 1 saturated heterocycles. The van der Waals surface area contributed by atoms with E-state index in [1.807, 2.05) is 60.7 Å². The fourth-order valence-electron chi connectivity index (χ4n) is 3.32. The van der Waals surface area contributed by atoms with Gasteiger partial charge in [-0.25, -0.2) is 4.79 Å². The summed E-state index contributed by atoms with van der Waals surface area (Å²) in [6.07, 6.45) is -3.36. The van der Waals surface area contributed by atoms with Gasteiger partial charge in [-0.1, -0.05) is 65.4 Å². The highest BCUT2D eigenvalue weighted by molar-refractivity contribution is 7.99. The Morgan fingerprint density at radius 3 is 2.34 bits per heavy atom. The topological polar surface area (TPSA) is 120 Å². The van der Waals surface area contributed by atoms with E-state index in [1.54, 1.807) is 0 Å². The molecule has 0 radical (unpaired) electrons. The van der Waals surface area contributed by atoms with E-state index in [9.17, 15) is 15.1 Å². The van der Waals surface area contributed by atoms with Gasteiger partial charge in [-0.2, -0.15) is 0 Å². The third kappa shape index (κ3) is 6.02. The van der Waals surface area contributed by atoms with Crippen LogP contribution in [0.25, 0.3) is 10.4 Å². The summed E-state index contributed by atoms with van der Waals surface area (Å²) in [7, 11) is 1.22. The Morgan fingerprint density at radius 2 is 1.75 bits per heavy atom. The van der Waals surface area contributed by atoms with Crippen molar-refractivity contribution in [3.63, 3.8) is 0 Å². The van der Waals surface area contributed by atoms with Crippen molar-refractivity contribution in [3.8, 4) is 0 Å². The number of benzene rings is 2. The second kappa shape index (κ2) is 11.5. The van der Waals surface area contributed by atoms with Gasteiger partial charge in [0.25, 0.3) is 0 Å². The molecule has 1 fully saturated rings. The standard InChI is InChI=1S/C22H23N3O6S/c1-14(26)30-19-18(29-13-15-9-5-3-6-10-15)17(24-25-23)22(31-20(19)21(27)28-2)32-16-11-7-4-8-12-16/h3-12,17-20,22H,13H2,1-2H3/t17-,18+,19-,20-,22+/m0/s1. The maximum absolute atomic E-state index is 12.5. The summed E-state index contributed by atoms with van der Waals surface area (Å²) >= 11 is 1.28. The molecule has 9 nitrogen and oxygen atoms in total. The largest absolute Gasteiger partial charge is 0.467 e. The van der Waals surface area contributed by atoms with E-state index in [4.69, 9.17) is 18.9 Å². The van der Waals surface area contributed by atoms with Crippen LogP contribution >= 0.6 is 11.8 Å². The zero-order valence-electron chi connectivity index (χ0n) is 17.6. The van der Waals surface area contributed by atoms with Gasteiger partial charge in [-0.05, 0) is 23.2 Å². The lowest BCUT2D eigenvalue weighted by molar-refractivity contribution is -0.210. The van der Waals surface area contributed by atoms with Gasteiger partial charge in [0, 0.05) is 16.7 Å². The van der Waals surface area contributed by atoms with Crippen LogP contribution in [-0.4, -0.2) is 48.8 Å². The smallest absolute Gasteiger partial charge is 0.339 e. The molecular weight excluding hydrogens is 434 g/mol. The predicted molar refractivity (Wildman–Crippen MR) is 116 cm³/mol. The van der Waals surface area contributed by atoms with E-state index in [0.29, 0.717) is 0 Å². The molecule has 0 aliphatic carbocycles. The Balaban J connectivity index is 1.97. The van der Waals surface area contributed by atoms with E-state index < -0.39 is 41.7 Å². The number of ether oxygens (including phenoxy) is 4. The number of hydrogen-bond donors (Lipinski definition) is 0. The summed E-state index contributed by atoms with van der Waals surface area (Å²) in [6, 6.07) is 17.8. The highest BCUT2D eigenvalue weighted by Gasteiger charge is 2.52. The lowest BCUT2D eigenvalue weighted by atomic mass is 9.97. The second-order valence-corrected chi connectivity index (χ2v) is 8.08. The molecule has 1 aliphatic rings. The third-order valence-electron chi connectivity index (χ3n) is 4.72. The van der Waals surface area contributed by atoms with Gasteiger partial charge in [0.2, 0.25) is 0 Å². The van der Waals surface area contributed by atoms with Crippen LogP contribution in [0.1, 0.15) is 12.5 Å². The molecule has 1 aliphatic heterocycles. The van der Waals surface area contributed by atoms with Crippen LogP contribution in [0.15, 0.2) is 70.7 Å². The molecule has 0 amide bonds. The molecule has 2 aromatic carbocycles. The fraction of sp³-hybridized carbons (Fsp3) is 0.364. The van der Waals surface area contributed by atoms with Crippen LogP contribution in [0.4, 0.5) is 0 Å². The Labute approximate surface area is 189 Å². The second-order valence-electron chi connectivity index (χ2n) is 6.91. The maximum atomic E-state index is 12.5. The average Bonchev–Trinajstić information content (AvgIpc) is 2.80. The van der Waals surface area contributed by atoms with Gasteiger partial charge >= 0.3 is 11.9 Å². The summed E-state index contributed by atoms with van der Waals surface area (Å²) in [5.41, 5.74) is 9.31. The molecule has 5 atom stereocenters. The van der Waals surface area contributed by atoms with E-state index in [-0.39, 0.29) is 6.61 Å². The van der Waals surface area contributed by atoms with Crippen LogP contribution < -0.4 is 0 Å². The lowest BCUT2D eigenvalue weighted by Gasteiger charge is -2.43. The average molecular weight is 458 g/mol. The summed E-state index contributed by atoms with van der Waals surface area (Å²) < 4.78 is 22.4. The van der Waals surface area contributed by atoms with Crippen molar-refractivity contribution in [2.45, 2.75) is 48.2 Å². The van der Waals surface area contributed by atoms with Gasteiger partial charge in [0.15, 0.2) is 12.2 Å². The number of carbonyl (C=O) groups is 2. The van der Waals surface area contributed by atoms with E-state index in [1.165, 1.54) is 25.8 Å².